The van der Waals surface area contributed by atoms with Gasteiger partial charge in [-0.2, -0.15) is 0 Å². The highest BCUT2D eigenvalue weighted by molar-refractivity contribution is 9.10. The van der Waals surface area contributed by atoms with Crippen LogP contribution in [-0.4, -0.2) is 40.4 Å². The van der Waals surface area contributed by atoms with Crippen molar-refractivity contribution in [3.63, 3.8) is 0 Å². The van der Waals surface area contributed by atoms with Gasteiger partial charge in [-0.25, -0.2) is 9.97 Å². The number of likely N-dealkylation sites (tertiary alicyclic amines) is 1. The van der Waals surface area contributed by atoms with Crippen molar-refractivity contribution in [2.24, 2.45) is 17.8 Å². The molecule has 2 aliphatic rings. The predicted octanol–water partition coefficient (Wildman–Crippen LogP) is 2.55. The summed E-state index contributed by atoms with van der Waals surface area (Å²) in [6, 6.07) is 0. The molecule has 21 heavy (non-hydrogen) atoms. The summed E-state index contributed by atoms with van der Waals surface area (Å²) in [6.07, 6.45) is 6.70. The van der Waals surface area contributed by atoms with Crippen molar-refractivity contribution >= 4 is 27.8 Å². The van der Waals surface area contributed by atoms with Gasteiger partial charge in [0.1, 0.15) is 0 Å². The van der Waals surface area contributed by atoms with Crippen LogP contribution < -0.4 is 5.32 Å². The molecule has 0 spiro atoms. The second-order valence-electron chi connectivity index (χ2n) is 6.19. The molecule has 0 radical (unpaired) electrons. The van der Waals surface area contributed by atoms with E-state index in [9.17, 15) is 4.79 Å². The molecule has 1 N–H and O–H groups in total. The van der Waals surface area contributed by atoms with E-state index in [4.69, 9.17) is 0 Å². The summed E-state index contributed by atoms with van der Waals surface area (Å²) in [5.74, 6) is 2.56. The van der Waals surface area contributed by atoms with Gasteiger partial charge in [0.25, 0.3) is 0 Å². The zero-order chi connectivity index (χ0) is 14.8. The largest absolute Gasteiger partial charge is 0.354 e. The molecular weight excluding hydrogens is 332 g/mol. The lowest BCUT2D eigenvalue weighted by Crippen LogP contribution is -2.40. The molecular formula is C15H21BrN4O. The highest BCUT2D eigenvalue weighted by Crippen LogP contribution is 2.39. The third-order valence-electron chi connectivity index (χ3n) is 4.52. The predicted molar refractivity (Wildman–Crippen MR) is 84.8 cm³/mol. The lowest BCUT2D eigenvalue weighted by atomic mass is 9.96. The molecule has 1 aliphatic heterocycles. The van der Waals surface area contributed by atoms with Crippen LogP contribution in [0.15, 0.2) is 16.9 Å². The number of hydrogen-bond donors (Lipinski definition) is 1. The average Bonchev–Trinajstić information content (AvgIpc) is 3.23. The van der Waals surface area contributed by atoms with Crippen LogP contribution >= 0.6 is 15.9 Å². The van der Waals surface area contributed by atoms with Gasteiger partial charge >= 0.3 is 0 Å². The molecule has 1 saturated carbocycles. The van der Waals surface area contributed by atoms with Gasteiger partial charge in [0, 0.05) is 37.9 Å². The number of carbonyl (C=O) groups is 1. The molecule has 114 valence electrons. The number of halogens is 1. The molecule has 1 amide bonds. The molecule has 0 unspecified atom stereocenters. The zero-order valence-electron chi connectivity index (χ0n) is 12.3. The van der Waals surface area contributed by atoms with Crippen LogP contribution in [0.2, 0.25) is 0 Å². The molecule has 0 bridgehead atoms. The molecule has 2 atom stereocenters. The monoisotopic (exact) mass is 352 g/mol. The van der Waals surface area contributed by atoms with Gasteiger partial charge in [0.2, 0.25) is 11.9 Å². The van der Waals surface area contributed by atoms with Crippen LogP contribution in [0, 0.1) is 17.8 Å². The number of amides is 1. The quantitative estimate of drug-likeness (QED) is 0.904. The van der Waals surface area contributed by atoms with Crippen molar-refractivity contribution in [3.05, 3.63) is 16.9 Å². The minimum Gasteiger partial charge on any atom is -0.354 e. The molecule has 1 aliphatic carbocycles. The number of rotatable bonds is 4. The summed E-state index contributed by atoms with van der Waals surface area (Å²) in [5, 5.41) is 3.28. The number of aromatic nitrogens is 2. The van der Waals surface area contributed by atoms with Crippen molar-refractivity contribution in [2.75, 3.05) is 25.0 Å². The lowest BCUT2D eigenvalue weighted by Gasteiger charge is -2.32. The maximum atomic E-state index is 12.2. The van der Waals surface area contributed by atoms with E-state index in [-0.39, 0.29) is 0 Å². The SMILES string of the molecule is C[C@@H]1C[C@H]1C(=O)N1CCC(CNc2ncc(Br)cn2)CC1. The fourth-order valence-electron chi connectivity index (χ4n) is 2.90. The number of nitrogens with one attached hydrogen (secondary N) is 1. The van der Waals surface area contributed by atoms with E-state index in [1.807, 2.05) is 0 Å². The van der Waals surface area contributed by atoms with Gasteiger partial charge in [-0.1, -0.05) is 6.92 Å². The van der Waals surface area contributed by atoms with Crippen LogP contribution in [0.3, 0.4) is 0 Å². The summed E-state index contributed by atoms with van der Waals surface area (Å²) in [4.78, 5) is 22.7. The average molecular weight is 353 g/mol. The lowest BCUT2D eigenvalue weighted by molar-refractivity contribution is -0.134. The Morgan fingerprint density at radius 2 is 2.00 bits per heavy atom. The molecule has 3 rings (SSSR count). The van der Waals surface area contributed by atoms with Crippen molar-refractivity contribution in [1.29, 1.82) is 0 Å². The van der Waals surface area contributed by atoms with Crippen molar-refractivity contribution < 1.29 is 4.79 Å². The first-order valence-electron chi connectivity index (χ1n) is 7.63. The molecule has 1 aromatic rings. The highest BCUT2D eigenvalue weighted by Gasteiger charge is 2.41. The third-order valence-corrected chi connectivity index (χ3v) is 4.93. The summed E-state index contributed by atoms with van der Waals surface area (Å²) < 4.78 is 0.883. The Kier molecular flexibility index (Phi) is 4.42. The van der Waals surface area contributed by atoms with Gasteiger partial charge in [-0.15, -0.1) is 0 Å². The van der Waals surface area contributed by atoms with Gasteiger partial charge in [0.05, 0.1) is 4.47 Å². The van der Waals surface area contributed by atoms with Crippen LogP contribution in [0.5, 0.6) is 0 Å². The number of carbonyl (C=O) groups excluding carboxylic acids is 1. The molecule has 2 fully saturated rings. The van der Waals surface area contributed by atoms with Gasteiger partial charge in [-0.3, -0.25) is 4.79 Å². The third kappa shape index (κ3) is 3.73. The van der Waals surface area contributed by atoms with Gasteiger partial charge < -0.3 is 10.2 Å². The first-order chi connectivity index (χ1) is 10.1. The van der Waals surface area contributed by atoms with Crippen LogP contribution in [0.1, 0.15) is 26.2 Å². The Morgan fingerprint density at radius 3 is 2.57 bits per heavy atom. The molecule has 0 aromatic carbocycles. The fraction of sp³-hybridized carbons (Fsp3) is 0.667. The van der Waals surface area contributed by atoms with Crippen molar-refractivity contribution in [3.8, 4) is 0 Å². The topological polar surface area (TPSA) is 58.1 Å². The van der Waals surface area contributed by atoms with Crippen molar-refractivity contribution in [1.82, 2.24) is 14.9 Å². The second-order valence-corrected chi connectivity index (χ2v) is 7.11. The summed E-state index contributed by atoms with van der Waals surface area (Å²) in [6.45, 7) is 4.84. The fourth-order valence-corrected chi connectivity index (χ4v) is 3.10. The minimum atomic E-state index is 0.316. The Morgan fingerprint density at radius 1 is 1.38 bits per heavy atom. The zero-order valence-corrected chi connectivity index (χ0v) is 13.8. The Balaban J connectivity index is 1.41. The molecule has 5 nitrogen and oxygen atoms in total. The molecule has 1 saturated heterocycles. The molecule has 1 aromatic heterocycles. The number of piperidine rings is 1. The standard InChI is InChI=1S/C15H21BrN4O/c1-10-6-13(10)14(21)20-4-2-11(3-5-20)7-17-15-18-8-12(16)9-19-15/h8-11,13H,2-7H2,1H3,(H,17,18,19)/t10-,13-/m1/s1. The first-order valence-corrected chi connectivity index (χ1v) is 8.43. The second kappa shape index (κ2) is 6.30. The van der Waals surface area contributed by atoms with Crippen LogP contribution in [0.25, 0.3) is 0 Å². The van der Waals surface area contributed by atoms with E-state index in [2.05, 4.69) is 43.0 Å². The van der Waals surface area contributed by atoms with Crippen LogP contribution in [-0.2, 0) is 4.79 Å². The maximum Gasteiger partial charge on any atom is 0.225 e. The van der Waals surface area contributed by atoms with E-state index in [0.29, 0.717) is 29.6 Å². The van der Waals surface area contributed by atoms with E-state index in [0.717, 1.165) is 43.4 Å². The number of anilines is 1. The van der Waals surface area contributed by atoms with Gasteiger partial charge in [0.15, 0.2) is 0 Å². The molecule has 2 heterocycles. The highest BCUT2D eigenvalue weighted by atomic mass is 79.9. The maximum absolute atomic E-state index is 12.2. The smallest absolute Gasteiger partial charge is 0.225 e. The number of hydrogen-bond acceptors (Lipinski definition) is 4. The molecule has 6 heteroatoms. The summed E-state index contributed by atoms with van der Waals surface area (Å²) >= 11 is 3.32. The normalized spacial score (nSPS) is 25.7. The van der Waals surface area contributed by atoms with E-state index >= 15 is 0 Å². The van der Waals surface area contributed by atoms with E-state index in [1.54, 1.807) is 12.4 Å². The van der Waals surface area contributed by atoms with Crippen LogP contribution in [0.4, 0.5) is 5.95 Å². The van der Waals surface area contributed by atoms with E-state index in [1.165, 1.54) is 0 Å². The van der Waals surface area contributed by atoms with Gasteiger partial charge in [-0.05, 0) is 47.0 Å². The minimum absolute atomic E-state index is 0.316. The summed E-state index contributed by atoms with van der Waals surface area (Å²) in [7, 11) is 0. The Hall–Kier alpha value is -1.17. The Labute approximate surface area is 133 Å². The first kappa shape index (κ1) is 14.8. The summed E-state index contributed by atoms with van der Waals surface area (Å²) in [5.41, 5.74) is 0. The van der Waals surface area contributed by atoms with Crippen molar-refractivity contribution in [2.45, 2.75) is 26.2 Å². The number of nitrogens with zero attached hydrogens (tertiary/aromatic N) is 3. The van der Waals surface area contributed by atoms with E-state index < -0.39 is 0 Å². The Bertz CT molecular complexity index is 499.